The SMILES string of the molecule is C=C1CCN(S(=O)(=O)c2ccc(C)cc2)CC1/C=C/c1ccccc1. The summed E-state index contributed by atoms with van der Waals surface area (Å²) in [5.74, 6) is 0.0363. The normalized spacial score (nSPS) is 19.4. The first-order chi connectivity index (χ1) is 12.0. The van der Waals surface area contributed by atoms with Crippen molar-refractivity contribution in [3.8, 4) is 0 Å². The maximum absolute atomic E-state index is 12.9. The van der Waals surface area contributed by atoms with Crippen LogP contribution in [0.5, 0.6) is 0 Å². The van der Waals surface area contributed by atoms with Crippen molar-refractivity contribution >= 4 is 16.1 Å². The Hall–Kier alpha value is -2.17. The average molecular weight is 353 g/mol. The number of benzene rings is 2. The number of aryl methyl sites for hydroxylation is 1. The molecule has 1 saturated heterocycles. The van der Waals surface area contributed by atoms with Crippen LogP contribution in [0, 0.1) is 12.8 Å². The smallest absolute Gasteiger partial charge is 0.207 e. The molecule has 0 amide bonds. The molecule has 2 aromatic rings. The Morgan fingerprint density at radius 1 is 1.08 bits per heavy atom. The summed E-state index contributed by atoms with van der Waals surface area (Å²) in [5, 5.41) is 0. The Balaban J connectivity index is 1.79. The Morgan fingerprint density at radius 2 is 1.76 bits per heavy atom. The van der Waals surface area contributed by atoms with Gasteiger partial charge in [0, 0.05) is 19.0 Å². The van der Waals surface area contributed by atoms with E-state index in [0.717, 1.165) is 16.7 Å². The third-order valence-corrected chi connectivity index (χ3v) is 6.47. The summed E-state index contributed by atoms with van der Waals surface area (Å²) in [6.45, 7) is 7.02. The molecule has 1 aliphatic heterocycles. The molecule has 0 saturated carbocycles. The van der Waals surface area contributed by atoms with Crippen LogP contribution in [-0.4, -0.2) is 25.8 Å². The zero-order chi connectivity index (χ0) is 17.9. The van der Waals surface area contributed by atoms with Gasteiger partial charge in [-0.15, -0.1) is 0 Å². The number of piperidine rings is 1. The number of sulfonamides is 1. The molecule has 4 heteroatoms. The molecule has 3 nitrogen and oxygen atoms in total. The minimum absolute atomic E-state index is 0.0363. The third kappa shape index (κ3) is 4.09. The van der Waals surface area contributed by atoms with Crippen molar-refractivity contribution in [3.63, 3.8) is 0 Å². The predicted octanol–water partition coefficient (Wildman–Crippen LogP) is 4.28. The molecular weight excluding hydrogens is 330 g/mol. The standard InChI is InChI=1S/C21H23NO2S/c1-17-8-12-21(13-9-17)25(23,24)22-15-14-18(2)20(16-22)11-10-19-6-4-3-5-7-19/h3-13,20H,2,14-16H2,1H3/b11-10+. The highest BCUT2D eigenvalue weighted by Gasteiger charge is 2.30. The molecule has 1 atom stereocenters. The molecule has 1 heterocycles. The number of hydrogen-bond donors (Lipinski definition) is 0. The lowest BCUT2D eigenvalue weighted by Crippen LogP contribution is -2.40. The minimum Gasteiger partial charge on any atom is -0.207 e. The highest BCUT2D eigenvalue weighted by atomic mass is 32.2. The summed E-state index contributed by atoms with van der Waals surface area (Å²) in [4.78, 5) is 0.358. The topological polar surface area (TPSA) is 37.4 Å². The van der Waals surface area contributed by atoms with Crippen molar-refractivity contribution in [2.24, 2.45) is 5.92 Å². The van der Waals surface area contributed by atoms with E-state index in [2.05, 4.69) is 12.7 Å². The fourth-order valence-electron chi connectivity index (χ4n) is 2.96. The van der Waals surface area contributed by atoms with Gasteiger partial charge >= 0.3 is 0 Å². The van der Waals surface area contributed by atoms with Crippen molar-refractivity contribution in [2.75, 3.05) is 13.1 Å². The van der Waals surface area contributed by atoms with E-state index in [9.17, 15) is 8.42 Å². The lowest BCUT2D eigenvalue weighted by atomic mass is 9.93. The van der Waals surface area contributed by atoms with Crippen molar-refractivity contribution in [2.45, 2.75) is 18.2 Å². The maximum atomic E-state index is 12.9. The number of hydrogen-bond acceptors (Lipinski definition) is 2. The number of rotatable bonds is 4. The van der Waals surface area contributed by atoms with Gasteiger partial charge in [0.1, 0.15) is 0 Å². The monoisotopic (exact) mass is 353 g/mol. The second-order valence-electron chi connectivity index (χ2n) is 6.46. The van der Waals surface area contributed by atoms with Crippen molar-refractivity contribution in [1.82, 2.24) is 4.31 Å². The van der Waals surface area contributed by atoms with E-state index >= 15 is 0 Å². The Labute approximate surface area is 150 Å². The fourth-order valence-corrected chi connectivity index (χ4v) is 4.43. The molecule has 2 aromatic carbocycles. The molecule has 0 aromatic heterocycles. The molecule has 0 spiro atoms. The highest BCUT2D eigenvalue weighted by molar-refractivity contribution is 7.89. The van der Waals surface area contributed by atoms with Gasteiger partial charge in [0.15, 0.2) is 0 Å². The molecular formula is C21H23NO2S. The summed E-state index contributed by atoms with van der Waals surface area (Å²) >= 11 is 0. The van der Waals surface area contributed by atoms with Crippen LogP contribution in [0.1, 0.15) is 17.5 Å². The van der Waals surface area contributed by atoms with E-state index in [1.807, 2.05) is 55.5 Å². The summed E-state index contributed by atoms with van der Waals surface area (Å²) in [7, 11) is -3.46. The van der Waals surface area contributed by atoms with Gasteiger partial charge in [-0.05, 0) is 31.0 Å². The highest BCUT2D eigenvalue weighted by Crippen LogP contribution is 2.28. The molecule has 1 unspecified atom stereocenters. The molecule has 3 rings (SSSR count). The second kappa shape index (κ2) is 7.38. The van der Waals surface area contributed by atoms with Crippen LogP contribution >= 0.6 is 0 Å². The van der Waals surface area contributed by atoms with Crippen molar-refractivity contribution < 1.29 is 8.42 Å². The largest absolute Gasteiger partial charge is 0.243 e. The summed E-state index contributed by atoms with van der Waals surface area (Å²) in [6, 6.07) is 17.1. The zero-order valence-electron chi connectivity index (χ0n) is 14.4. The van der Waals surface area contributed by atoms with Crippen LogP contribution in [-0.2, 0) is 10.0 Å². The molecule has 0 radical (unpaired) electrons. The van der Waals surface area contributed by atoms with Gasteiger partial charge in [-0.1, -0.05) is 72.3 Å². The molecule has 0 aliphatic carbocycles. The van der Waals surface area contributed by atoms with Crippen LogP contribution in [0.25, 0.3) is 6.08 Å². The van der Waals surface area contributed by atoms with Crippen LogP contribution in [0.15, 0.2) is 77.7 Å². The van der Waals surface area contributed by atoms with Gasteiger partial charge in [0.05, 0.1) is 4.90 Å². The first-order valence-corrected chi connectivity index (χ1v) is 9.88. The molecule has 0 bridgehead atoms. The lowest BCUT2D eigenvalue weighted by Gasteiger charge is -2.32. The first kappa shape index (κ1) is 17.6. The quantitative estimate of drug-likeness (QED) is 0.770. The molecule has 1 aliphatic rings. The molecule has 25 heavy (non-hydrogen) atoms. The van der Waals surface area contributed by atoms with Crippen molar-refractivity contribution in [1.29, 1.82) is 0 Å². The van der Waals surface area contributed by atoms with Gasteiger partial charge in [-0.25, -0.2) is 8.42 Å². The molecule has 0 N–H and O–H groups in total. The first-order valence-electron chi connectivity index (χ1n) is 8.44. The van der Waals surface area contributed by atoms with Crippen LogP contribution < -0.4 is 0 Å². The zero-order valence-corrected chi connectivity index (χ0v) is 15.2. The Kier molecular flexibility index (Phi) is 5.21. The van der Waals surface area contributed by atoms with Crippen LogP contribution in [0.2, 0.25) is 0 Å². The Morgan fingerprint density at radius 3 is 2.44 bits per heavy atom. The van der Waals surface area contributed by atoms with E-state index in [1.165, 1.54) is 0 Å². The fraction of sp³-hybridized carbons (Fsp3) is 0.238. The second-order valence-corrected chi connectivity index (χ2v) is 8.40. The van der Waals surface area contributed by atoms with Gasteiger partial charge in [-0.3, -0.25) is 0 Å². The van der Waals surface area contributed by atoms with Crippen LogP contribution in [0.3, 0.4) is 0 Å². The minimum atomic E-state index is -3.46. The van der Waals surface area contributed by atoms with Crippen molar-refractivity contribution in [3.05, 3.63) is 84.0 Å². The molecule has 130 valence electrons. The van der Waals surface area contributed by atoms with E-state index < -0.39 is 10.0 Å². The summed E-state index contributed by atoms with van der Waals surface area (Å²) in [6.07, 6.45) is 4.79. The molecule has 1 fully saturated rings. The third-order valence-electron chi connectivity index (χ3n) is 4.59. The van der Waals surface area contributed by atoms with Crippen LogP contribution in [0.4, 0.5) is 0 Å². The predicted molar refractivity (Wildman–Crippen MR) is 103 cm³/mol. The van der Waals surface area contributed by atoms with Gasteiger partial charge in [0.2, 0.25) is 10.0 Å². The van der Waals surface area contributed by atoms with Gasteiger partial charge in [0.25, 0.3) is 0 Å². The van der Waals surface area contributed by atoms with E-state index in [1.54, 1.807) is 16.4 Å². The average Bonchev–Trinajstić information content (AvgIpc) is 2.62. The summed E-state index contributed by atoms with van der Waals surface area (Å²) in [5.41, 5.74) is 3.24. The van der Waals surface area contributed by atoms with E-state index in [-0.39, 0.29) is 5.92 Å². The Bertz CT molecular complexity index is 868. The number of nitrogens with zero attached hydrogens (tertiary/aromatic N) is 1. The lowest BCUT2D eigenvalue weighted by molar-refractivity contribution is 0.353. The maximum Gasteiger partial charge on any atom is 0.243 e. The van der Waals surface area contributed by atoms with Gasteiger partial charge < -0.3 is 0 Å². The summed E-state index contributed by atoms with van der Waals surface area (Å²) < 4.78 is 27.4. The van der Waals surface area contributed by atoms with E-state index in [0.29, 0.717) is 24.4 Å². The van der Waals surface area contributed by atoms with Gasteiger partial charge in [-0.2, -0.15) is 4.31 Å². The van der Waals surface area contributed by atoms with E-state index in [4.69, 9.17) is 0 Å².